The van der Waals surface area contributed by atoms with Crippen molar-refractivity contribution in [2.24, 2.45) is 5.92 Å². The van der Waals surface area contributed by atoms with Crippen LogP contribution in [0.15, 0.2) is 0 Å². The molecule has 31 heavy (non-hydrogen) atoms. The van der Waals surface area contributed by atoms with Gasteiger partial charge in [-0.3, -0.25) is 4.79 Å². The van der Waals surface area contributed by atoms with E-state index < -0.39 is 46.5 Å². The second-order valence-corrected chi connectivity index (χ2v) is 8.33. The van der Waals surface area contributed by atoms with Crippen LogP contribution in [0, 0.1) is 35.0 Å². The Labute approximate surface area is 179 Å². The molecule has 1 aromatic carbocycles. The summed E-state index contributed by atoms with van der Waals surface area (Å²) in [5.74, 6) is -13.1. The SMILES string of the molecule is CCC[C@@H]1CCc2c(sc(NC(=O)c3c(F)c(F)c(F)c(F)c3F)c2C(=O)OCC)C1. The van der Waals surface area contributed by atoms with Crippen LogP contribution in [0.1, 0.15) is 64.3 Å². The number of thiophene rings is 1. The average Bonchev–Trinajstić information content (AvgIpc) is 3.08. The number of rotatable bonds is 6. The van der Waals surface area contributed by atoms with Crippen LogP contribution < -0.4 is 5.32 Å². The van der Waals surface area contributed by atoms with E-state index in [0.29, 0.717) is 24.3 Å². The summed E-state index contributed by atoms with van der Waals surface area (Å²) in [6.45, 7) is 3.72. The maximum Gasteiger partial charge on any atom is 0.341 e. The molecule has 0 saturated heterocycles. The van der Waals surface area contributed by atoms with Crippen molar-refractivity contribution >= 4 is 28.2 Å². The summed E-state index contributed by atoms with van der Waals surface area (Å²) < 4.78 is 73.4. The summed E-state index contributed by atoms with van der Waals surface area (Å²) in [6, 6.07) is 0. The normalized spacial score (nSPS) is 15.5. The van der Waals surface area contributed by atoms with Crippen molar-refractivity contribution in [2.45, 2.75) is 46.0 Å². The van der Waals surface area contributed by atoms with Crippen LogP contribution in [0.3, 0.4) is 0 Å². The van der Waals surface area contributed by atoms with E-state index >= 15 is 0 Å². The molecule has 1 heterocycles. The Morgan fingerprint density at radius 3 is 2.19 bits per heavy atom. The summed E-state index contributed by atoms with van der Waals surface area (Å²) in [5, 5.41) is 2.14. The molecule has 1 aliphatic rings. The number of halogens is 5. The van der Waals surface area contributed by atoms with Crippen molar-refractivity contribution in [1.82, 2.24) is 0 Å². The van der Waals surface area contributed by atoms with Gasteiger partial charge in [-0.15, -0.1) is 11.3 Å². The Morgan fingerprint density at radius 2 is 1.61 bits per heavy atom. The van der Waals surface area contributed by atoms with Gasteiger partial charge in [0.15, 0.2) is 23.3 Å². The smallest absolute Gasteiger partial charge is 0.341 e. The highest BCUT2D eigenvalue weighted by atomic mass is 32.1. The molecule has 3 rings (SSSR count). The third kappa shape index (κ3) is 4.30. The van der Waals surface area contributed by atoms with E-state index in [2.05, 4.69) is 12.2 Å². The van der Waals surface area contributed by atoms with Crippen LogP contribution in [0.2, 0.25) is 0 Å². The Bertz CT molecular complexity index is 1010. The molecule has 2 aromatic rings. The van der Waals surface area contributed by atoms with E-state index in [0.717, 1.165) is 35.5 Å². The Balaban J connectivity index is 2.02. The van der Waals surface area contributed by atoms with Gasteiger partial charge in [-0.05, 0) is 37.7 Å². The number of anilines is 1. The van der Waals surface area contributed by atoms with Crippen molar-refractivity contribution in [1.29, 1.82) is 0 Å². The van der Waals surface area contributed by atoms with Crippen molar-refractivity contribution < 1.29 is 36.3 Å². The lowest BCUT2D eigenvalue weighted by molar-refractivity contribution is 0.0526. The maximum absolute atomic E-state index is 14.0. The topological polar surface area (TPSA) is 55.4 Å². The van der Waals surface area contributed by atoms with E-state index in [1.165, 1.54) is 0 Å². The molecule has 1 atom stereocenters. The Kier molecular flexibility index (Phi) is 6.98. The average molecular weight is 461 g/mol. The minimum atomic E-state index is -2.35. The summed E-state index contributed by atoms with van der Waals surface area (Å²) in [6.07, 6.45) is 4.02. The monoisotopic (exact) mass is 461 g/mol. The van der Waals surface area contributed by atoms with Gasteiger partial charge in [0.2, 0.25) is 5.82 Å². The quantitative estimate of drug-likeness (QED) is 0.257. The van der Waals surface area contributed by atoms with Crippen molar-refractivity contribution in [3.05, 3.63) is 50.7 Å². The van der Waals surface area contributed by atoms with Gasteiger partial charge in [0.05, 0.1) is 12.2 Å². The molecule has 168 valence electrons. The zero-order valence-electron chi connectivity index (χ0n) is 16.8. The molecular formula is C21H20F5NO3S. The molecule has 4 nitrogen and oxygen atoms in total. The predicted octanol–water partition coefficient (Wildman–Crippen LogP) is 5.78. The van der Waals surface area contributed by atoms with E-state index in [-0.39, 0.29) is 17.2 Å². The number of esters is 1. The van der Waals surface area contributed by atoms with Crippen LogP contribution in [-0.4, -0.2) is 18.5 Å². The number of carbonyl (C=O) groups excluding carboxylic acids is 2. The first-order chi connectivity index (χ1) is 14.7. The van der Waals surface area contributed by atoms with Gasteiger partial charge in [0.25, 0.3) is 5.91 Å². The summed E-state index contributed by atoms with van der Waals surface area (Å²) >= 11 is 1.05. The number of fused-ring (bicyclic) bond motifs is 1. The summed E-state index contributed by atoms with van der Waals surface area (Å²) in [7, 11) is 0. The van der Waals surface area contributed by atoms with Gasteiger partial charge >= 0.3 is 5.97 Å². The zero-order valence-corrected chi connectivity index (χ0v) is 17.7. The van der Waals surface area contributed by atoms with E-state index in [9.17, 15) is 31.5 Å². The molecular weight excluding hydrogens is 441 g/mol. The first kappa shape index (κ1) is 23.2. The second kappa shape index (κ2) is 9.33. The largest absolute Gasteiger partial charge is 0.462 e. The lowest BCUT2D eigenvalue weighted by Crippen LogP contribution is -2.20. The molecule has 1 amide bonds. The first-order valence-corrected chi connectivity index (χ1v) is 10.7. The number of amides is 1. The van der Waals surface area contributed by atoms with Gasteiger partial charge in [-0.25, -0.2) is 26.7 Å². The molecule has 0 spiro atoms. The van der Waals surface area contributed by atoms with Crippen LogP contribution >= 0.6 is 11.3 Å². The lowest BCUT2D eigenvalue weighted by Gasteiger charge is -2.21. The van der Waals surface area contributed by atoms with Crippen LogP contribution in [-0.2, 0) is 17.6 Å². The summed E-state index contributed by atoms with van der Waals surface area (Å²) in [4.78, 5) is 25.9. The number of hydrogen-bond donors (Lipinski definition) is 1. The molecule has 0 bridgehead atoms. The maximum atomic E-state index is 14.0. The van der Waals surface area contributed by atoms with Crippen LogP contribution in [0.4, 0.5) is 27.0 Å². The van der Waals surface area contributed by atoms with Crippen molar-refractivity contribution in [3.8, 4) is 0 Å². The number of benzene rings is 1. The van der Waals surface area contributed by atoms with Gasteiger partial charge in [-0.1, -0.05) is 19.8 Å². The first-order valence-electron chi connectivity index (χ1n) is 9.85. The van der Waals surface area contributed by atoms with Gasteiger partial charge in [0.1, 0.15) is 10.6 Å². The fraction of sp³-hybridized carbons (Fsp3) is 0.429. The Morgan fingerprint density at radius 1 is 1.00 bits per heavy atom. The Hall–Kier alpha value is -2.49. The fourth-order valence-electron chi connectivity index (χ4n) is 3.79. The van der Waals surface area contributed by atoms with Gasteiger partial charge in [0, 0.05) is 4.88 Å². The minimum absolute atomic E-state index is 0.0328. The standard InChI is InChI=1S/C21H20F5NO3S/c1-3-5-9-6-7-10-11(8-9)31-20(12(10)21(29)30-4-2)27-19(28)13-14(22)16(24)18(26)17(25)15(13)23/h9H,3-8H2,1-2H3,(H,27,28)/t9-/m1/s1. The molecule has 1 N–H and O–H groups in total. The predicted molar refractivity (Wildman–Crippen MR) is 105 cm³/mol. The second-order valence-electron chi connectivity index (χ2n) is 7.22. The molecule has 10 heteroatoms. The van der Waals surface area contributed by atoms with E-state index in [1.807, 2.05) is 0 Å². The van der Waals surface area contributed by atoms with Crippen molar-refractivity contribution in [2.75, 3.05) is 11.9 Å². The zero-order chi connectivity index (χ0) is 22.9. The molecule has 0 fully saturated rings. The minimum Gasteiger partial charge on any atom is -0.462 e. The summed E-state index contributed by atoms with van der Waals surface area (Å²) in [5.41, 5.74) is -0.862. The third-order valence-electron chi connectivity index (χ3n) is 5.21. The van der Waals surface area contributed by atoms with Crippen molar-refractivity contribution in [3.63, 3.8) is 0 Å². The number of nitrogens with one attached hydrogen (secondary N) is 1. The van der Waals surface area contributed by atoms with Gasteiger partial charge < -0.3 is 10.1 Å². The molecule has 1 aromatic heterocycles. The number of ether oxygens (including phenoxy) is 1. The molecule has 0 aliphatic heterocycles. The molecule has 0 saturated carbocycles. The third-order valence-corrected chi connectivity index (χ3v) is 6.38. The highest BCUT2D eigenvalue weighted by Gasteiger charge is 2.33. The molecule has 1 aliphatic carbocycles. The van der Waals surface area contributed by atoms with Crippen LogP contribution in [0.5, 0.6) is 0 Å². The van der Waals surface area contributed by atoms with Gasteiger partial charge in [-0.2, -0.15) is 0 Å². The molecule has 0 radical (unpaired) electrons. The molecule has 0 unspecified atom stereocenters. The number of hydrogen-bond acceptors (Lipinski definition) is 4. The van der Waals surface area contributed by atoms with E-state index in [1.54, 1.807) is 6.92 Å². The lowest BCUT2D eigenvalue weighted by atomic mass is 9.84. The highest BCUT2D eigenvalue weighted by molar-refractivity contribution is 7.17. The highest BCUT2D eigenvalue weighted by Crippen LogP contribution is 2.41. The number of carbonyl (C=O) groups is 2. The fourth-order valence-corrected chi connectivity index (χ4v) is 5.13. The van der Waals surface area contributed by atoms with E-state index in [4.69, 9.17) is 4.74 Å². The van der Waals surface area contributed by atoms with Crippen LogP contribution in [0.25, 0.3) is 0 Å².